The number of likely N-dealkylation sites (N-methyl/N-ethyl adjacent to an activating group) is 1. The van der Waals surface area contributed by atoms with Crippen molar-refractivity contribution in [1.29, 1.82) is 0 Å². The predicted octanol–water partition coefficient (Wildman–Crippen LogP) is 3.85. The Morgan fingerprint density at radius 1 is 0.941 bits per heavy atom. The monoisotopic (exact) mass is 710 g/mol. The lowest BCUT2D eigenvalue weighted by Gasteiger charge is -2.46. The third kappa shape index (κ3) is 10.5. The van der Waals surface area contributed by atoms with Crippen LogP contribution in [-0.2, 0) is 30.4 Å². The Kier molecular flexibility index (Phi) is 15.3. The summed E-state index contributed by atoms with van der Waals surface area (Å²) in [4.78, 5) is 74.9. The molecule has 0 bridgehead atoms. The van der Waals surface area contributed by atoms with Crippen molar-refractivity contribution in [2.24, 2.45) is 11.7 Å². The van der Waals surface area contributed by atoms with Crippen LogP contribution in [0.5, 0.6) is 5.75 Å². The first-order valence-electron chi connectivity index (χ1n) is 19.4. The molecule has 1 saturated carbocycles. The van der Waals surface area contributed by atoms with Gasteiger partial charge >= 0.3 is 5.97 Å². The van der Waals surface area contributed by atoms with Gasteiger partial charge < -0.3 is 30.5 Å². The number of nitrogens with two attached hydrogens (primary N) is 1. The molecule has 2 heterocycles. The van der Waals surface area contributed by atoms with Crippen LogP contribution in [0.3, 0.4) is 0 Å². The van der Waals surface area contributed by atoms with Gasteiger partial charge in [-0.2, -0.15) is 0 Å². The first-order chi connectivity index (χ1) is 24.5. The first-order valence-corrected chi connectivity index (χ1v) is 19.4. The van der Waals surface area contributed by atoms with Gasteiger partial charge in [0.25, 0.3) is 0 Å². The number of carbonyl (C=O) groups is 5. The molecule has 2 saturated heterocycles. The van der Waals surface area contributed by atoms with Gasteiger partial charge in [0.1, 0.15) is 23.5 Å². The van der Waals surface area contributed by atoms with E-state index >= 15 is 0 Å². The third-order valence-electron chi connectivity index (χ3n) is 11.1. The number of hydrogen-bond donors (Lipinski definition) is 2. The summed E-state index contributed by atoms with van der Waals surface area (Å²) in [6.07, 6.45) is 9.53. The van der Waals surface area contributed by atoms with E-state index in [4.69, 9.17) is 10.5 Å². The largest absolute Gasteiger partial charge is 0.426 e. The Morgan fingerprint density at radius 2 is 1.61 bits per heavy atom. The molecule has 3 N–H and O–H groups in total. The van der Waals surface area contributed by atoms with Gasteiger partial charge in [-0.05, 0) is 75.6 Å². The second kappa shape index (κ2) is 19.4. The Hall–Kier alpha value is -3.51. The zero-order valence-corrected chi connectivity index (χ0v) is 31.5. The van der Waals surface area contributed by atoms with Gasteiger partial charge in [-0.15, -0.1) is 0 Å². The van der Waals surface area contributed by atoms with Gasteiger partial charge in [-0.3, -0.25) is 28.9 Å². The van der Waals surface area contributed by atoms with E-state index < -0.39 is 17.7 Å². The average Bonchev–Trinajstić information content (AvgIpc) is 3.67. The molecule has 4 amide bonds. The van der Waals surface area contributed by atoms with E-state index in [2.05, 4.69) is 29.1 Å². The highest BCUT2D eigenvalue weighted by Gasteiger charge is 2.62. The molecule has 0 radical (unpaired) electrons. The molecule has 1 aliphatic carbocycles. The zero-order chi connectivity index (χ0) is 37.0. The Labute approximate surface area is 304 Å². The molecule has 2 aliphatic heterocycles. The van der Waals surface area contributed by atoms with E-state index in [0.717, 1.165) is 70.3 Å². The molecule has 284 valence electrons. The molecule has 4 rings (SSSR count). The van der Waals surface area contributed by atoms with Crippen LogP contribution in [0.2, 0.25) is 0 Å². The fourth-order valence-corrected chi connectivity index (χ4v) is 7.97. The summed E-state index contributed by atoms with van der Waals surface area (Å²) in [6.45, 7) is 10.3. The SMILES string of the molecule is CCCCCC(=O)N1C(Cc2ccc(OC(=O)CN3CCN(C)CC3)cc2)C(=O)N(C(C(=O)NCCCCCC(N)=O)C(C)CC)C12CCCC2. The van der Waals surface area contributed by atoms with E-state index in [1.165, 1.54) is 0 Å². The van der Waals surface area contributed by atoms with Crippen LogP contribution in [0.1, 0.15) is 110 Å². The zero-order valence-electron chi connectivity index (χ0n) is 31.5. The lowest BCUT2D eigenvalue weighted by Crippen LogP contribution is -2.62. The summed E-state index contributed by atoms with van der Waals surface area (Å²) < 4.78 is 5.66. The first kappa shape index (κ1) is 40.3. The number of unbranched alkanes of at least 4 members (excludes halogenated alkanes) is 4. The highest BCUT2D eigenvalue weighted by Crippen LogP contribution is 2.48. The molecule has 3 aliphatic rings. The van der Waals surface area contributed by atoms with Crippen LogP contribution in [0, 0.1) is 5.92 Å². The highest BCUT2D eigenvalue weighted by molar-refractivity contribution is 5.96. The van der Waals surface area contributed by atoms with Crippen molar-refractivity contribution in [1.82, 2.24) is 24.9 Å². The Morgan fingerprint density at radius 3 is 2.24 bits per heavy atom. The molecule has 51 heavy (non-hydrogen) atoms. The van der Waals surface area contributed by atoms with E-state index in [1.807, 2.05) is 35.8 Å². The molecule has 1 aromatic rings. The summed E-state index contributed by atoms with van der Waals surface area (Å²) in [5, 5.41) is 3.09. The molecule has 3 unspecified atom stereocenters. The van der Waals surface area contributed by atoms with Crippen LogP contribution in [0.15, 0.2) is 24.3 Å². The smallest absolute Gasteiger partial charge is 0.325 e. The predicted molar refractivity (Wildman–Crippen MR) is 196 cm³/mol. The third-order valence-corrected chi connectivity index (χ3v) is 11.1. The molecule has 1 aromatic carbocycles. The number of nitrogens with zero attached hydrogens (tertiary/aromatic N) is 4. The summed E-state index contributed by atoms with van der Waals surface area (Å²) in [5.41, 5.74) is 5.28. The number of carbonyl (C=O) groups excluding carboxylic acids is 5. The lowest BCUT2D eigenvalue weighted by atomic mass is 9.92. The number of ether oxygens (including phenoxy) is 1. The van der Waals surface area contributed by atoms with Gasteiger partial charge in [0.2, 0.25) is 23.6 Å². The van der Waals surface area contributed by atoms with Gasteiger partial charge in [0, 0.05) is 52.0 Å². The second-order valence-corrected chi connectivity index (χ2v) is 14.9. The molecular weight excluding hydrogens is 648 g/mol. The molecule has 0 aromatic heterocycles. The number of rotatable bonds is 19. The minimum absolute atomic E-state index is 0.0292. The minimum atomic E-state index is -0.850. The minimum Gasteiger partial charge on any atom is -0.426 e. The number of esters is 1. The summed E-state index contributed by atoms with van der Waals surface area (Å²) >= 11 is 0. The normalized spacial score (nSPS) is 20.5. The van der Waals surface area contributed by atoms with Gasteiger partial charge in [-0.1, -0.05) is 58.6 Å². The number of piperazine rings is 1. The van der Waals surface area contributed by atoms with E-state index in [9.17, 15) is 24.0 Å². The van der Waals surface area contributed by atoms with Crippen LogP contribution < -0.4 is 15.8 Å². The van der Waals surface area contributed by atoms with Crippen molar-refractivity contribution < 1.29 is 28.7 Å². The van der Waals surface area contributed by atoms with Crippen LogP contribution in [0.25, 0.3) is 0 Å². The molecule has 12 nitrogen and oxygen atoms in total. The number of hydrogen-bond acceptors (Lipinski definition) is 8. The molecule has 3 fully saturated rings. The van der Waals surface area contributed by atoms with Crippen molar-refractivity contribution >= 4 is 29.6 Å². The van der Waals surface area contributed by atoms with Crippen molar-refractivity contribution in [3.05, 3.63) is 29.8 Å². The number of amides is 4. The maximum Gasteiger partial charge on any atom is 0.325 e. The van der Waals surface area contributed by atoms with Crippen LogP contribution in [-0.4, -0.2) is 113 Å². The van der Waals surface area contributed by atoms with E-state index in [0.29, 0.717) is 63.7 Å². The summed E-state index contributed by atoms with van der Waals surface area (Å²) in [7, 11) is 2.07. The number of nitrogens with one attached hydrogen (secondary N) is 1. The maximum absolute atomic E-state index is 14.8. The van der Waals surface area contributed by atoms with Crippen molar-refractivity contribution in [3.63, 3.8) is 0 Å². The molecule has 12 heteroatoms. The Balaban J connectivity index is 1.55. The van der Waals surface area contributed by atoms with E-state index in [-0.39, 0.29) is 42.1 Å². The maximum atomic E-state index is 14.8. The van der Waals surface area contributed by atoms with Crippen LogP contribution >= 0.6 is 0 Å². The summed E-state index contributed by atoms with van der Waals surface area (Å²) in [5.74, 6) is -0.716. The quantitative estimate of drug-likeness (QED) is 0.125. The molecule has 3 atom stereocenters. The number of primary amides is 1. The van der Waals surface area contributed by atoms with Gasteiger partial charge in [0.05, 0.1) is 6.54 Å². The molecular formula is C39H62N6O6. The second-order valence-electron chi connectivity index (χ2n) is 14.9. The number of benzene rings is 1. The average molecular weight is 711 g/mol. The fourth-order valence-electron chi connectivity index (χ4n) is 7.97. The lowest BCUT2D eigenvalue weighted by molar-refractivity contribution is -0.151. The van der Waals surface area contributed by atoms with Gasteiger partial charge in [0.15, 0.2) is 0 Å². The molecule has 1 spiro atoms. The van der Waals surface area contributed by atoms with Crippen molar-refractivity contribution in [2.45, 2.75) is 128 Å². The van der Waals surface area contributed by atoms with Crippen molar-refractivity contribution in [2.75, 3.05) is 46.3 Å². The highest BCUT2D eigenvalue weighted by atomic mass is 16.5. The van der Waals surface area contributed by atoms with Gasteiger partial charge in [-0.25, -0.2) is 0 Å². The fraction of sp³-hybridized carbons (Fsp3) is 0.718. The van der Waals surface area contributed by atoms with Crippen molar-refractivity contribution in [3.8, 4) is 5.75 Å². The standard InChI is InChI=1S/C39H62N6O6/c1-5-7-9-15-34(47)44-32(27-30-16-18-31(19-17-30)51-35(48)28-43-25-23-42(4)24-26-43)38(50)45(39(44)20-11-12-21-39)36(29(3)6-2)37(49)41-22-13-8-10-14-33(40)46/h16-19,29,32,36H,5-15,20-28H2,1-4H3,(H2,40,46)(H,41,49). The topological polar surface area (TPSA) is 146 Å². The van der Waals surface area contributed by atoms with Crippen LogP contribution in [0.4, 0.5) is 0 Å². The Bertz CT molecular complexity index is 1320. The van der Waals surface area contributed by atoms with E-state index in [1.54, 1.807) is 12.1 Å². The summed E-state index contributed by atoms with van der Waals surface area (Å²) in [6, 6.07) is 5.79.